The minimum atomic E-state index is -4.75. The van der Waals surface area contributed by atoms with Crippen LogP contribution in [0.15, 0.2) is 42.5 Å². The molecule has 1 aliphatic carbocycles. The van der Waals surface area contributed by atoms with Gasteiger partial charge in [-0.1, -0.05) is 43.5 Å². The Hall–Kier alpha value is -2.97. The number of nitriles is 1. The molecule has 2 N–H and O–H groups in total. The number of nitrogens with one attached hydrogen (secondary N) is 1. The molecular weight excluding hydrogens is 543 g/mol. The third kappa shape index (κ3) is 8.32. The number of hydrogen-bond acceptors (Lipinski definition) is 6. The third-order valence-corrected chi connectivity index (χ3v) is 8.58. The molecule has 2 aliphatic rings. The summed E-state index contributed by atoms with van der Waals surface area (Å²) in [7, 11) is 4.16. The molecule has 0 aromatic heterocycles. The van der Waals surface area contributed by atoms with E-state index in [0.29, 0.717) is 12.8 Å². The van der Waals surface area contributed by atoms with Crippen LogP contribution in [0.3, 0.4) is 0 Å². The number of hydrogen-bond donors (Lipinski definition) is 2. The van der Waals surface area contributed by atoms with Gasteiger partial charge in [0.05, 0.1) is 17.2 Å². The summed E-state index contributed by atoms with van der Waals surface area (Å²) < 4.78 is 40.6. The van der Waals surface area contributed by atoms with Gasteiger partial charge in [-0.15, -0.1) is 0 Å². The van der Waals surface area contributed by atoms with Gasteiger partial charge in [0.1, 0.15) is 5.60 Å². The van der Waals surface area contributed by atoms with E-state index >= 15 is 0 Å². The Labute approximate surface area is 246 Å². The number of nitrogens with zero attached hydrogens (tertiary/aromatic N) is 4. The van der Waals surface area contributed by atoms with Crippen LogP contribution in [0.4, 0.5) is 18.9 Å². The second-order valence-electron chi connectivity index (χ2n) is 12.0. The Morgan fingerprint density at radius 3 is 2.33 bits per heavy atom. The van der Waals surface area contributed by atoms with Crippen LogP contribution < -0.4 is 5.32 Å². The molecule has 1 saturated carbocycles. The Morgan fingerprint density at radius 1 is 1.02 bits per heavy atom. The molecular formula is C32H42F3N5O2. The van der Waals surface area contributed by atoms with Gasteiger partial charge in [-0.2, -0.15) is 18.4 Å². The van der Waals surface area contributed by atoms with Crippen molar-refractivity contribution in [3.05, 3.63) is 64.7 Å². The van der Waals surface area contributed by atoms with E-state index in [9.17, 15) is 23.1 Å². The first-order valence-corrected chi connectivity index (χ1v) is 14.8. The lowest BCUT2D eigenvalue weighted by Gasteiger charge is -2.37. The van der Waals surface area contributed by atoms with Crippen LogP contribution in [-0.4, -0.2) is 84.7 Å². The lowest BCUT2D eigenvalue weighted by molar-refractivity contribution is -0.142. The van der Waals surface area contributed by atoms with Crippen molar-refractivity contribution >= 4 is 11.6 Å². The summed E-state index contributed by atoms with van der Waals surface area (Å²) in [4.78, 5) is 20.7. The van der Waals surface area contributed by atoms with Gasteiger partial charge in [-0.05, 0) is 62.2 Å². The number of benzene rings is 2. The fourth-order valence-corrected chi connectivity index (χ4v) is 6.10. The number of amides is 1. The van der Waals surface area contributed by atoms with Crippen LogP contribution in [0.25, 0.3) is 0 Å². The van der Waals surface area contributed by atoms with Crippen molar-refractivity contribution in [3.63, 3.8) is 0 Å². The molecule has 10 heteroatoms. The summed E-state index contributed by atoms with van der Waals surface area (Å²) in [5.41, 5.74) is -1.61. The van der Waals surface area contributed by atoms with Gasteiger partial charge in [0.15, 0.2) is 0 Å². The monoisotopic (exact) mass is 585 g/mol. The molecule has 228 valence electrons. The van der Waals surface area contributed by atoms with Crippen molar-refractivity contribution in [2.24, 2.45) is 5.92 Å². The molecule has 42 heavy (non-hydrogen) atoms. The Morgan fingerprint density at radius 2 is 1.69 bits per heavy atom. The standard InChI is InChI=1S/C32H42F3N5O2/c1-38(2)13-14-39-15-17-40(18-16-39)23-25-8-6-7-24(19-25)21-31(42,27-9-4-3-5-10-27)30(41)37-28-12-11-26(22-36)29(20-28)32(33,34)35/h6-8,11-12,19-20,27,42H,3-5,9-10,13-18,21,23H2,1-2H3,(H,37,41). The summed E-state index contributed by atoms with van der Waals surface area (Å²) in [5, 5.41) is 23.6. The van der Waals surface area contributed by atoms with Crippen LogP contribution in [0.5, 0.6) is 0 Å². The molecule has 1 heterocycles. The number of likely N-dealkylation sites (N-methyl/N-ethyl adjacent to an activating group) is 1. The molecule has 1 atom stereocenters. The second kappa shape index (κ2) is 14.0. The average Bonchev–Trinajstić information content (AvgIpc) is 2.97. The highest BCUT2D eigenvalue weighted by molar-refractivity contribution is 5.97. The zero-order valence-electron chi connectivity index (χ0n) is 24.6. The molecule has 0 radical (unpaired) electrons. The fourth-order valence-electron chi connectivity index (χ4n) is 6.10. The lowest BCUT2D eigenvalue weighted by Crippen LogP contribution is -2.51. The number of halogens is 3. The SMILES string of the molecule is CN(C)CCN1CCN(Cc2cccc(CC(O)(C(=O)Nc3ccc(C#N)c(C(F)(F)F)c3)C3CCCCC3)c2)CC1. The first kappa shape index (κ1) is 32.0. The van der Waals surface area contributed by atoms with E-state index in [0.717, 1.165) is 88.3 Å². The minimum Gasteiger partial charge on any atom is -0.379 e. The Kier molecular flexibility index (Phi) is 10.7. The van der Waals surface area contributed by atoms with Crippen LogP contribution >= 0.6 is 0 Å². The number of carbonyl (C=O) groups excluding carboxylic acids is 1. The highest BCUT2D eigenvalue weighted by atomic mass is 19.4. The highest BCUT2D eigenvalue weighted by Crippen LogP contribution is 2.37. The van der Waals surface area contributed by atoms with Gasteiger partial charge in [-0.25, -0.2) is 0 Å². The molecule has 2 aromatic carbocycles. The fraction of sp³-hybridized carbons (Fsp3) is 0.562. The number of anilines is 1. The van der Waals surface area contributed by atoms with E-state index < -0.39 is 28.8 Å². The summed E-state index contributed by atoms with van der Waals surface area (Å²) >= 11 is 0. The van der Waals surface area contributed by atoms with Crippen molar-refractivity contribution < 1.29 is 23.1 Å². The Balaban J connectivity index is 1.48. The highest BCUT2D eigenvalue weighted by Gasteiger charge is 2.44. The van der Waals surface area contributed by atoms with Crippen molar-refractivity contribution in [1.29, 1.82) is 5.26 Å². The first-order valence-electron chi connectivity index (χ1n) is 14.8. The van der Waals surface area contributed by atoms with Crippen LogP contribution in [0.1, 0.15) is 54.4 Å². The number of rotatable bonds is 10. The maximum Gasteiger partial charge on any atom is 0.417 e. The van der Waals surface area contributed by atoms with Crippen molar-refractivity contribution in [1.82, 2.24) is 14.7 Å². The van der Waals surface area contributed by atoms with Crippen LogP contribution in [-0.2, 0) is 23.9 Å². The molecule has 1 saturated heterocycles. The van der Waals surface area contributed by atoms with Gasteiger partial charge in [0.2, 0.25) is 0 Å². The van der Waals surface area contributed by atoms with E-state index in [2.05, 4.69) is 40.2 Å². The predicted octanol–water partition coefficient (Wildman–Crippen LogP) is 4.75. The number of piperazine rings is 1. The normalized spacial score (nSPS) is 18.9. The predicted molar refractivity (Wildman–Crippen MR) is 157 cm³/mol. The maximum absolute atomic E-state index is 13.7. The lowest BCUT2D eigenvalue weighted by atomic mass is 9.73. The van der Waals surface area contributed by atoms with Crippen molar-refractivity contribution in [2.45, 2.75) is 56.8 Å². The zero-order chi connectivity index (χ0) is 30.3. The minimum absolute atomic E-state index is 0.0675. The van der Waals surface area contributed by atoms with Gasteiger partial charge in [0, 0.05) is 57.9 Å². The summed E-state index contributed by atoms with van der Waals surface area (Å²) in [5.74, 6) is -1.03. The Bertz CT molecular complexity index is 1250. The number of alkyl halides is 3. The smallest absolute Gasteiger partial charge is 0.379 e. The number of aliphatic hydroxyl groups is 1. The first-order chi connectivity index (χ1) is 20.0. The summed E-state index contributed by atoms with van der Waals surface area (Å²) in [6, 6.07) is 12.6. The second-order valence-corrected chi connectivity index (χ2v) is 12.0. The maximum atomic E-state index is 13.7. The molecule has 7 nitrogen and oxygen atoms in total. The summed E-state index contributed by atoms with van der Waals surface area (Å²) in [6.07, 6.45) is -0.545. The van der Waals surface area contributed by atoms with E-state index in [-0.39, 0.29) is 18.0 Å². The van der Waals surface area contributed by atoms with Gasteiger partial charge in [0.25, 0.3) is 5.91 Å². The molecule has 0 spiro atoms. The summed E-state index contributed by atoms with van der Waals surface area (Å²) in [6.45, 7) is 6.83. The average molecular weight is 586 g/mol. The third-order valence-electron chi connectivity index (χ3n) is 8.58. The van der Waals surface area contributed by atoms with Crippen LogP contribution in [0, 0.1) is 17.2 Å². The molecule has 0 bridgehead atoms. The van der Waals surface area contributed by atoms with Gasteiger partial charge < -0.3 is 15.3 Å². The van der Waals surface area contributed by atoms with E-state index in [4.69, 9.17) is 5.26 Å². The molecule has 1 aliphatic heterocycles. The zero-order valence-corrected chi connectivity index (χ0v) is 24.6. The molecule has 1 amide bonds. The molecule has 1 unspecified atom stereocenters. The van der Waals surface area contributed by atoms with E-state index in [1.807, 2.05) is 18.2 Å². The molecule has 4 rings (SSSR count). The van der Waals surface area contributed by atoms with Crippen LogP contribution in [0.2, 0.25) is 0 Å². The molecule has 2 aromatic rings. The quantitative estimate of drug-likeness (QED) is 0.419. The van der Waals surface area contributed by atoms with Gasteiger partial charge in [-0.3, -0.25) is 14.6 Å². The van der Waals surface area contributed by atoms with Crippen molar-refractivity contribution in [3.8, 4) is 6.07 Å². The van der Waals surface area contributed by atoms with E-state index in [1.54, 1.807) is 6.07 Å². The van der Waals surface area contributed by atoms with E-state index in [1.165, 1.54) is 6.07 Å². The van der Waals surface area contributed by atoms with Gasteiger partial charge >= 0.3 is 6.18 Å². The number of carbonyl (C=O) groups is 1. The van der Waals surface area contributed by atoms with Crippen molar-refractivity contribution in [2.75, 3.05) is 58.7 Å². The topological polar surface area (TPSA) is 82.8 Å². The molecule has 2 fully saturated rings. The largest absolute Gasteiger partial charge is 0.417 e.